The first kappa shape index (κ1) is 18.1. The maximum Gasteiger partial charge on any atom is 0.151 e. The van der Waals surface area contributed by atoms with Crippen LogP contribution in [0.4, 0.5) is 0 Å². The van der Waals surface area contributed by atoms with E-state index in [2.05, 4.69) is 5.43 Å². The number of hydrogen-bond acceptors (Lipinski definition) is 6. The molecular formula is C15H21ClN2O4S2. The third-order valence-corrected chi connectivity index (χ3v) is 8.42. The summed E-state index contributed by atoms with van der Waals surface area (Å²) < 4.78 is 47.0. The van der Waals surface area contributed by atoms with Gasteiger partial charge in [-0.25, -0.2) is 21.8 Å². The molecule has 0 spiro atoms. The average Bonchev–Trinajstić information content (AvgIpc) is 3.02. The van der Waals surface area contributed by atoms with E-state index < -0.39 is 19.7 Å². The second-order valence-corrected chi connectivity index (χ2v) is 11.4. The Hall–Kier alpha value is -0.670. The van der Waals surface area contributed by atoms with Crippen molar-refractivity contribution in [1.82, 2.24) is 10.4 Å². The van der Waals surface area contributed by atoms with Crippen molar-refractivity contribution in [2.24, 2.45) is 0 Å². The average molecular weight is 393 g/mol. The van der Waals surface area contributed by atoms with Crippen molar-refractivity contribution in [1.29, 1.82) is 0 Å². The zero-order valence-corrected chi connectivity index (χ0v) is 15.6. The summed E-state index contributed by atoms with van der Waals surface area (Å²) in [6.07, 6.45) is 1.08. The lowest BCUT2D eigenvalue weighted by Crippen LogP contribution is -2.50. The van der Waals surface area contributed by atoms with E-state index in [-0.39, 0.29) is 35.1 Å². The van der Waals surface area contributed by atoms with Gasteiger partial charge in [0.15, 0.2) is 19.7 Å². The van der Waals surface area contributed by atoms with Crippen LogP contribution in [0.25, 0.3) is 0 Å². The molecular weight excluding hydrogens is 372 g/mol. The standard InChI is InChI=1S/C15H21ClN2O4S2/c16-15-4-2-1-3-12(15)9-18(14-6-8-24(21,22)11-14)17-13-5-7-23(19,20)10-13/h1-4,13-14,17H,5-11H2/t13-,14+/m0/s1. The lowest BCUT2D eigenvalue weighted by molar-refractivity contribution is 0.108. The van der Waals surface area contributed by atoms with E-state index in [1.807, 2.05) is 23.2 Å². The predicted octanol–water partition coefficient (Wildman–Crippen LogP) is 1.02. The third-order valence-electron chi connectivity index (χ3n) is 4.53. The maximum atomic E-state index is 11.8. The van der Waals surface area contributed by atoms with E-state index in [1.165, 1.54) is 0 Å². The summed E-state index contributed by atoms with van der Waals surface area (Å²) in [5.74, 6) is 0.518. The summed E-state index contributed by atoms with van der Waals surface area (Å²) in [6, 6.07) is 7.06. The van der Waals surface area contributed by atoms with Crippen molar-refractivity contribution in [3.8, 4) is 0 Å². The highest BCUT2D eigenvalue weighted by Gasteiger charge is 2.35. The molecule has 9 heteroatoms. The molecule has 6 nitrogen and oxygen atoms in total. The van der Waals surface area contributed by atoms with Crippen molar-refractivity contribution >= 4 is 31.3 Å². The van der Waals surface area contributed by atoms with Crippen LogP contribution in [0.1, 0.15) is 18.4 Å². The molecule has 1 N–H and O–H groups in total. The summed E-state index contributed by atoms with van der Waals surface area (Å²) in [5, 5.41) is 2.49. The Kier molecular flexibility index (Phi) is 5.22. The molecule has 2 atom stereocenters. The highest BCUT2D eigenvalue weighted by atomic mass is 35.5. The van der Waals surface area contributed by atoms with E-state index in [9.17, 15) is 16.8 Å². The Morgan fingerprint density at radius 1 is 1.04 bits per heavy atom. The molecule has 3 rings (SSSR count). The molecule has 0 amide bonds. The second-order valence-electron chi connectivity index (χ2n) is 6.51. The Balaban J connectivity index is 1.77. The van der Waals surface area contributed by atoms with Crippen LogP contribution >= 0.6 is 11.6 Å². The molecule has 0 unspecified atom stereocenters. The van der Waals surface area contributed by atoms with E-state index >= 15 is 0 Å². The number of halogens is 1. The maximum absolute atomic E-state index is 11.8. The first-order valence-electron chi connectivity index (χ1n) is 7.91. The number of nitrogens with zero attached hydrogens (tertiary/aromatic N) is 1. The zero-order valence-electron chi connectivity index (χ0n) is 13.2. The zero-order chi connectivity index (χ0) is 17.4. The fourth-order valence-corrected chi connectivity index (χ4v) is 6.83. The molecule has 0 bridgehead atoms. The first-order valence-corrected chi connectivity index (χ1v) is 11.9. The van der Waals surface area contributed by atoms with Gasteiger partial charge in [0.05, 0.1) is 23.0 Å². The molecule has 0 radical (unpaired) electrons. The van der Waals surface area contributed by atoms with E-state index in [0.29, 0.717) is 24.4 Å². The van der Waals surface area contributed by atoms with Crippen LogP contribution in [-0.4, -0.2) is 56.9 Å². The molecule has 134 valence electrons. The fraction of sp³-hybridized carbons (Fsp3) is 0.600. The van der Waals surface area contributed by atoms with Crippen LogP contribution in [0.2, 0.25) is 5.02 Å². The SMILES string of the molecule is O=S1(=O)CC[C@H](NN(Cc2ccccc2Cl)[C@@H]2CCS(=O)(=O)C2)C1. The summed E-state index contributed by atoms with van der Waals surface area (Å²) in [4.78, 5) is 0. The van der Waals surface area contributed by atoms with Crippen LogP contribution in [0.3, 0.4) is 0 Å². The van der Waals surface area contributed by atoms with Gasteiger partial charge in [-0.15, -0.1) is 0 Å². The van der Waals surface area contributed by atoms with Gasteiger partial charge in [-0.2, -0.15) is 0 Å². The summed E-state index contributed by atoms with van der Waals surface area (Å²) in [7, 11) is -6.03. The largest absolute Gasteiger partial charge is 0.250 e. The highest BCUT2D eigenvalue weighted by molar-refractivity contribution is 7.91. The number of hydrazine groups is 1. The number of nitrogens with one attached hydrogen (secondary N) is 1. The quantitative estimate of drug-likeness (QED) is 0.753. The monoisotopic (exact) mass is 392 g/mol. The molecule has 2 fully saturated rings. The topological polar surface area (TPSA) is 83.6 Å². The second kappa shape index (κ2) is 6.92. The lowest BCUT2D eigenvalue weighted by Gasteiger charge is -2.31. The van der Waals surface area contributed by atoms with Crippen molar-refractivity contribution in [3.05, 3.63) is 34.9 Å². The van der Waals surface area contributed by atoms with Crippen molar-refractivity contribution < 1.29 is 16.8 Å². The minimum absolute atomic E-state index is 0.0872. The highest BCUT2D eigenvalue weighted by Crippen LogP contribution is 2.23. The summed E-state index contributed by atoms with van der Waals surface area (Å²) in [6.45, 7) is 0.441. The Labute approximate surface area is 148 Å². The fourth-order valence-electron chi connectivity index (χ4n) is 3.24. The number of hydrogen-bond donors (Lipinski definition) is 1. The van der Waals surface area contributed by atoms with Gasteiger partial charge >= 0.3 is 0 Å². The normalized spacial score (nSPS) is 28.4. The summed E-state index contributed by atoms with van der Waals surface area (Å²) in [5.41, 5.74) is 4.14. The predicted molar refractivity (Wildman–Crippen MR) is 94.2 cm³/mol. The van der Waals surface area contributed by atoms with Crippen LogP contribution in [0.5, 0.6) is 0 Å². The molecule has 2 aliphatic rings. The van der Waals surface area contributed by atoms with Crippen molar-refractivity contribution in [3.63, 3.8) is 0 Å². The number of rotatable bonds is 5. The van der Waals surface area contributed by atoms with E-state index in [4.69, 9.17) is 11.6 Å². The molecule has 24 heavy (non-hydrogen) atoms. The van der Waals surface area contributed by atoms with E-state index in [1.54, 1.807) is 6.07 Å². The van der Waals surface area contributed by atoms with Crippen LogP contribution in [0, 0.1) is 0 Å². The Bertz CT molecular complexity index is 811. The van der Waals surface area contributed by atoms with Gasteiger partial charge in [0, 0.05) is 23.7 Å². The third kappa shape index (κ3) is 4.49. The molecule has 2 heterocycles. The van der Waals surface area contributed by atoms with Gasteiger partial charge in [-0.1, -0.05) is 29.8 Å². The van der Waals surface area contributed by atoms with Gasteiger partial charge < -0.3 is 0 Å². The lowest BCUT2D eigenvalue weighted by atomic mass is 10.2. The van der Waals surface area contributed by atoms with Crippen LogP contribution < -0.4 is 5.43 Å². The molecule has 0 aromatic heterocycles. The molecule has 0 aliphatic carbocycles. The Morgan fingerprint density at radius 3 is 2.29 bits per heavy atom. The first-order chi connectivity index (χ1) is 11.2. The molecule has 0 saturated carbocycles. The Morgan fingerprint density at radius 2 is 1.71 bits per heavy atom. The van der Waals surface area contributed by atoms with Crippen LogP contribution in [0.15, 0.2) is 24.3 Å². The summed E-state index contributed by atoms with van der Waals surface area (Å²) >= 11 is 6.22. The molecule has 1 aromatic rings. The number of benzene rings is 1. The van der Waals surface area contributed by atoms with Crippen LogP contribution in [-0.2, 0) is 26.2 Å². The number of sulfone groups is 2. The molecule has 2 aliphatic heterocycles. The van der Waals surface area contributed by atoms with Crippen molar-refractivity contribution in [2.75, 3.05) is 23.0 Å². The van der Waals surface area contributed by atoms with Gasteiger partial charge in [0.1, 0.15) is 0 Å². The van der Waals surface area contributed by atoms with Gasteiger partial charge in [0.25, 0.3) is 0 Å². The molecule has 2 saturated heterocycles. The smallest absolute Gasteiger partial charge is 0.151 e. The molecule has 1 aromatic carbocycles. The van der Waals surface area contributed by atoms with Gasteiger partial charge in [-0.3, -0.25) is 5.43 Å². The van der Waals surface area contributed by atoms with Crippen molar-refractivity contribution in [2.45, 2.75) is 31.5 Å². The van der Waals surface area contributed by atoms with E-state index in [0.717, 1.165) is 5.56 Å². The van der Waals surface area contributed by atoms with Gasteiger partial charge in [-0.05, 0) is 24.5 Å². The van der Waals surface area contributed by atoms with Gasteiger partial charge in [0.2, 0.25) is 0 Å². The minimum Gasteiger partial charge on any atom is -0.250 e. The minimum atomic E-state index is -3.03.